The first kappa shape index (κ1) is 8.61. The fraction of sp³-hybridized carbons (Fsp3) is 0. The van der Waals surface area contributed by atoms with Crippen LogP contribution in [-0.2, 0) is 4.74 Å². The molecule has 1 heterocycles. The smallest absolute Gasteiger partial charge is 0.398 e. The molecule has 0 unspecified atom stereocenters. The molecule has 1 amide bonds. The molecule has 0 aliphatic heterocycles. The Morgan fingerprint density at radius 2 is 2.42 bits per heavy atom. The van der Waals surface area contributed by atoms with Gasteiger partial charge in [-0.3, -0.25) is 4.98 Å². The van der Waals surface area contributed by atoms with Crippen molar-refractivity contribution in [2.75, 3.05) is 0 Å². The number of hydrogen-bond acceptors (Lipinski definition) is 4. The molecule has 1 aromatic heterocycles. The third kappa shape index (κ3) is 2.28. The molecule has 0 atom stereocenters. The van der Waals surface area contributed by atoms with E-state index in [0.717, 1.165) is 0 Å². The van der Waals surface area contributed by atoms with Crippen molar-refractivity contribution in [1.82, 2.24) is 4.98 Å². The van der Waals surface area contributed by atoms with Gasteiger partial charge in [-0.15, -0.1) is 0 Å². The lowest BCUT2D eigenvalue weighted by molar-refractivity contribution is 0.209. The quantitative estimate of drug-likeness (QED) is 0.654. The van der Waals surface area contributed by atoms with E-state index in [0.29, 0.717) is 5.56 Å². The van der Waals surface area contributed by atoms with Crippen LogP contribution in [0.3, 0.4) is 0 Å². The summed E-state index contributed by atoms with van der Waals surface area (Å²) in [5.74, 6) is 0. The topological polar surface area (TPSA) is 65.2 Å². The predicted molar refractivity (Wildman–Crippen MR) is 46.6 cm³/mol. The lowest BCUT2D eigenvalue weighted by Crippen LogP contribution is -2.17. The third-order valence-electron chi connectivity index (χ3n) is 1.09. The number of thiocarbonyl (C=S) groups is 1. The SMILES string of the molecule is NC(=O)OC(=S)c1cccnc1. The first-order valence-corrected chi connectivity index (χ1v) is 3.52. The van der Waals surface area contributed by atoms with Gasteiger partial charge in [0.1, 0.15) is 0 Å². The zero-order valence-electron chi connectivity index (χ0n) is 6.06. The normalized spacial score (nSPS) is 9.00. The molecule has 2 N–H and O–H groups in total. The van der Waals surface area contributed by atoms with Gasteiger partial charge < -0.3 is 10.5 Å². The third-order valence-corrected chi connectivity index (χ3v) is 1.41. The molecule has 4 nitrogen and oxygen atoms in total. The Morgan fingerprint density at radius 1 is 1.67 bits per heavy atom. The van der Waals surface area contributed by atoms with Crippen LogP contribution in [0.25, 0.3) is 0 Å². The first-order chi connectivity index (χ1) is 5.70. The summed E-state index contributed by atoms with van der Waals surface area (Å²) < 4.78 is 4.47. The van der Waals surface area contributed by atoms with Crippen LogP contribution < -0.4 is 5.73 Å². The number of nitrogens with two attached hydrogens (primary N) is 1. The number of hydrogen-bond donors (Lipinski definition) is 1. The van der Waals surface area contributed by atoms with Gasteiger partial charge in [0.15, 0.2) is 0 Å². The van der Waals surface area contributed by atoms with Gasteiger partial charge in [0.05, 0.1) is 0 Å². The summed E-state index contributed by atoms with van der Waals surface area (Å²) >= 11 is 4.73. The second-order valence-corrected chi connectivity index (χ2v) is 2.32. The monoisotopic (exact) mass is 182 g/mol. The molecule has 0 aromatic carbocycles. The Hall–Kier alpha value is -1.49. The van der Waals surface area contributed by atoms with E-state index in [2.05, 4.69) is 9.72 Å². The van der Waals surface area contributed by atoms with Crippen LogP contribution in [0.4, 0.5) is 4.79 Å². The standard InChI is InChI=1S/C7H6N2O2S/c8-7(10)11-6(12)5-2-1-3-9-4-5/h1-4H,(H2,8,10). The summed E-state index contributed by atoms with van der Waals surface area (Å²) in [5.41, 5.74) is 5.32. The summed E-state index contributed by atoms with van der Waals surface area (Å²) in [4.78, 5) is 14.1. The number of rotatable bonds is 1. The van der Waals surface area contributed by atoms with E-state index in [1.807, 2.05) is 0 Å². The molecule has 1 rings (SSSR count). The highest BCUT2D eigenvalue weighted by atomic mass is 32.1. The van der Waals surface area contributed by atoms with Crippen LogP contribution >= 0.6 is 12.2 Å². The van der Waals surface area contributed by atoms with Crippen LogP contribution in [-0.4, -0.2) is 16.1 Å². The molecular weight excluding hydrogens is 176 g/mol. The van der Waals surface area contributed by atoms with Gasteiger partial charge in [-0.2, -0.15) is 0 Å². The van der Waals surface area contributed by atoms with Gasteiger partial charge in [-0.25, -0.2) is 4.79 Å². The molecule has 0 aliphatic rings. The minimum absolute atomic E-state index is 0.0376. The molecule has 62 valence electrons. The average molecular weight is 182 g/mol. The number of pyridine rings is 1. The minimum atomic E-state index is -0.913. The van der Waals surface area contributed by atoms with E-state index in [1.54, 1.807) is 18.3 Å². The van der Waals surface area contributed by atoms with Crippen molar-refractivity contribution >= 4 is 23.4 Å². The first-order valence-electron chi connectivity index (χ1n) is 3.12. The Kier molecular flexibility index (Phi) is 2.71. The van der Waals surface area contributed by atoms with Crippen molar-refractivity contribution in [3.8, 4) is 0 Å². The summed E-state index contributed by atoms with van der Waals surface area (Å²) in [6.45, 7) is 0. The van der Waals surface area contributed by atoms with Crippen molar-refractivity contribution in [3.63, 3.8) is 0 Å². The number of aromatic nitrogens is 1. The van der Waals surface area contributed by atoms with Gasteiger partial charge in [0.25, 0.3) is 0 Å². The summed E-state index contributed by atoms with van der Waals surface area (Å²) in [7, 11) is 0. The van der Waals surface area contributed by atoms with E-state index < -0.39 is 6.09 Å². The van der Waals surface area contributed by atoms with Crippen LogP contribution in [0.15, 0.2) is 24.5 Å². The zero-order valence-corrected chi connectivity index (χ0v) is 6.88. The Balaban J connectivity index is 2.73. The van der Waals surface area contributed by atoms with Gasteiger partial charge in [0, 0.05) is 18.0 Å². The maximum absolute atomic E-state index is 10.3. The van der Waals surface area contributed by atoms with Gasteiger partial charge in [0.2, 0.25) is 5.05 Å². The van der Waals surface area contributed by atoms with E-state index in [9.17, 15) is 4.79 Å². The van der Waals surface area contributed by atoms with Crippen LogP contribution in [0.5, 0.6) is 0 Å². The molecule has 5 heteroatoms. The molecule has 0 fully saturated rings. The van der Waals surface area contributed by atoms with Gasteiger partial charge >= 0.3 is 6.09 Å². The average Bonchev–Trinajstić information content (AvgIpc) is 2.05. The predicted octanol–water partition coefficient (Wildman–Crippen LogP) is 0.852. The molecule has 0 spiro atoms. The number of carbonyl (C=O) groups excluding carboxylic acids is 1. The van der Waals surface area contributed by atoms with Crippen molar-refractivity contribution < 1.29 is 9.53 Å². The van der Waals surface area contributed by atoms with E-state index in [4.69, 9.17) is 18.0 Å². The van der Waals surface area contributed by atoms with Crippen molar-refractivity contribution in [2.45, 2.75) is 0 Å². The zero-order chi connectivity index (χ0) is 8.97. The highest BCUT2D eigenvalue weighted by molar-refractivity contribution is 7.80. The molecule has 0 saturated carbocycles. The fourth-order valence-electron chi connectivity index (χ4n) is 0.634. The van der Waals surface area contributed by atoms with E-state index >= 15 is 0 Å². The molecule has 0 saturated heterocycles. The van der Waals surface area contributed by atoms with Crippen LogP contribution in [0.2, 0.25) is 0 Å². The second kappa shape index (κ2) is 3.77. The maximum atomic E-state index is 10.3. The second-order valence-electron chi connectivity index (χ2n) is 1.95. The minimum Gasteiger partial charge on any atom is -0.398 e. The number of nitrogens with zero attached hydrogens (tertiary/aromatic N) is 1. The molecule has 12 heavy (non-hydrogen) atoms. The Labute approximate surface area is 74.4 Å². The molecule has 0 aliphatic carbocycles. The molecular formula is C7H6N2O2S. The maximum Gasteiger partial charge on any atom is 0.410 e. The highest BCUT2D eigenvalue weighted by Gasteiger charge is 2.04. The van der Waals surface area contributed by atoms with Gasteiger partial charge in [-0.1, -0.05) is 0 Å². The molecule has 0 radical (unpaired) electrons. The van der Waals surface area contributed by atoms with Crippen LogP contribution in [0.1, 0.15) is 5.56 Å². The Bertz CT molecular complexity index is 300. The largest absolute Gasteiger partial charge is 0.410 e. The lowest BCUT2D eigenvalue weighted by Gasteiger charge is -2.00. The lowest BCUT2D eigenvalue weighted by atomic mass is 10.3. The van der Waals surface area contributed by atoms with Crippen molar-refractivity contribution in [3.05, 3.63) is 30.1 Å². The summed E-state index contributed by atoms with van der Waals surface area (Å²) in [5, 5.41) is 0.0376. The van der Waals surface area contributed by atoms with E-state index in [-0.39, 0.29) is 5.05 Å². The number of carbonyl (C=O) groups is 1. The Morgan fingerprint density at radius 3 is 2.92 bits per heavy atom. The van der Waals surface area contributed by atoms with Crippen molar-refractivity contribution in [2.24, 2.45) is 5.73 Å². The summed E-state index contributed by atoms with van der Waals surface area (Å²) in [6.07, 6.45) is 2.17. The molecule has 0 bridgehead atoms. The highest BCUT2D eigenvalue weighted by Crippen LogP contribution is 1.99. The number of primary amides is 1. The fourth-order valence-corrected chi connectivity index (χ4v) is 0.837. The molecule has 1 aromatic rings. The van der Waals surface area contributed by atoms with Crippen molar-refractivity contribution in [1.29, 1.82) is 0 Å². The van der Waals surface area contributed by atoms with Gasteiger partial charge in [-0.05, 0) is 24.4 Å². The van der Waals surface area contributed by atoms with Crippen LogP contribution in [0, 0.1) is 0 Å². The van der Waals surface area contributed by atoms with E-state index in [1.165, 1.54) is 6.20 Å². The number of ether oxygens (including phenoxy) is 1. The number of amides is 1. The summed E-state index contributed by atoms with van der Waals surface area (Å²) in [6, 6.07) is 3.37.